The van der Waals surface area contributed by atoms with E-state index in [-0.39, 0.29) is 12.1 Å². The summed E-state index contributed by atoms with van der Waals surface area (Å²) in [5.74, 6) is 0.257. The lowest BCUT2D eigenvalue weighted by Crippen LogP contribution is -2.14. The van der Waals surface area contributed by atoms with Gasteiger partial charge in [0.05, 0.1) is 7.11 Å². The molecule has 1 N–H and O–H groups in total. The van der Waals surface area contributed by atoms with Gasteiger partial charge < -0.3 is 9.15 Å². The van der Waals surface area contributed by atoms with Crippen LogP contribution in [0.25, 0.3) is 11.0 Å². The van der Waals surface area contributed by atoms with Gasteiger partial charge in [-0.1, -0.05) is 26.0 Å². The van der Waals surface area contributed by atoms with Crippen LogP contribution in [0.3, 0.4) is 0 Å². The van der Waals surface area contributed by atoms with Gasteiger partial charge in [0, 0.05) is 18.1 Å². The Morgan fingerprint density at radius 2 is 1.77 bits per heavy atom. The Hall–Kier alpha value is -2.80. The smallest absolute Gasteiger partial charge is 0.339 e. The number of anilines is 1. The van der Waals surface area contributed by atoms with Crippen molar-refractivity contribution in [1.82, 2.24) is 0 Å². The number of fused-ring (bicyclic) bond motifs is 1. The van der Waals surface area contributed by atoms with E-state index in [0.717, 1.165) is 0 Å². The molecule has 3 aromatic rings. The minimum atomic E-state index is -3.81. The number of rotatable bonds is 4. The Labute approximate surface area is 154 Å². The number of methoxy groups -OCH3 is 1. The molecule has 0 bridgehead atoms. The third kappa shape index (κ3) is 4.05. The number of para-hydroxylation sites is 1. The third-order valence-electron chi connectivity index (χ3n) is 3.52. The quantitative estimate of drug-likeness (QED) is 0.689. The van der Waals surface area contributed by atoms with Gasteiger partial charge in [-0.2, -0.15) is 0 Å². The minimum absolute atomic E-state index is 0. The molecule has 0 fully saturated rings. The topological polar surface area (TPSA) is 85.6 Å². The molecule has 0 saturated carbocycles. The highest BCUT2D eigenvalue weighted by Gasteiger charge is 2.19. The number of hydrogen-bond donors (Lipinski definition) is 1. The van der Waals surface area contributed by atoms with Crippen LogP contribution in [0.2, 0.25) is 0 Å². The molecule has 0 unspecified atom stereocenters. The highest BCUT2D eigenvalue weighted by Crippen LogP contribution is 2.26. The number of hydrogen-bond acceptors (Lipinski definition) is 5. The molecule has 7 heteroatoms. The van der Waals surface area contributed by atoms with Crippen LogP contribution >= 0.6 is 0 Å². The van der Waals surface area contributed by atoms with E-state index >= 15 is 0 Å². The predicted molar refractivity (Wildman–Crippen MR) is 104 cm³/mol. The zero-order valence-electron chi connectivity index (χ0n) is 15.1. The predicted octanol–water partition coefficient (Wildman–Crippen LogP) is 4.18. The normalized spacial score (nSPS) is 10.8. The largest absolute Gasteiger partial charge is 0.495 e. The van der Waals surface area contributed by atoms with Crippen LogP contribution in [0, 0.1) is 6.92 Å². The summed E-state index contributed by atoms with van der Waals surface area (Å²) in [6, 6.07) is 12.7. The van der Waals surface area contributed by atoms with Crippen LogP contribution in [0.5, 0.6) is 5.75 Å². The molecule has 1 heterocycles. The van der Waals surface area contributed by atoms with Gasteiger partial charge >= 0.3 is 5.63 Å². The summed E-state index contributed by atoms with van der Waals surface area (Å²) in [5.41, 5.74) is 0.796. The van der Waals surface area contributed by atoms with Crippen LogP contribution in [0.15, 0.2) is 62.6 Å². The number of nitrogens with one attached hydrogen (secondary N) is 1. The van der Waals surface area contributed by atoms with Gasteiger partial charge in [-0.15, -0.1) is 0 Å². The van der Waals surface area contributed by atoms with Gasteiger partial charge in [0.15, 0.2) is 0 Å². The van der Waals surface area contributed by atoms with Crippen molar-refractivity contribution in [3.05, 3.63) is 64.5 Å². The van der Waals surface area contributed by atoms with Crippen LogP contribution in [0.4, 0.5) is 5.69 Å². The van der Waals surface area contributed by atoms with Crippen molar-refractivity contribution in [3.63, 3.8) is 0 Å². The molecular formula is C19H23NO5S. The summed E-state index contributed by atoms with van der Waals surface area (Å²) >= 11 is 0. The molecule has 2 aromatic carbocycles. The van der Waals surface area contributed by atoms with E-state index in [9.17, 15) is 13.2 Å². The van der Waals surface area contributed by atoms with Gasteiger partial charge in [0.2, 0.25) is 0 Å². The molecule has 1 aromatic heterocycles. The second-order valence-electron chi connectivity index (χ2n) is 5.23. The molecule has 0 spiro atoms. The van der Waals surface area contributed by atoms with E-state index in [1.807, 2.05) is 13.8 Å². The maximum absolute atomic E-state index is 12.6. The number of aryl methyl sites for hydroxylation is 1. The summed E-state index contributed by atoms with van der Waals surface area (Å²) < 4.78 is 37.9. The van der Waals surface area contributed by atoms with Gasteiger partial charge in [0.1, 0.15) is 16.2 Å². The Morgan fingerprint density at radius 3 is 2.46 bits per heavy atom. The SMILES string of the molecule is CC.COc1ccccc1S(=O)(=O)Nc1ccc2oc(=O)c(C)cc2c1.[HH]. The van der Waals surface area contributed by atoms with Crippen molar-refractivity contribution < 1.29 is 19.0 Å². The fraction of sp³-hybridized carbons (Fsp3) is 0.211. The highest BCUT2D eigenvalue weighted by atomic mass is 32.2. The van der Waals surface area contributed by atoms with E-state index in [0.29, 0.717) is 22.2 Å². The number of sulfonamides is 1. The van der Waals surface area contributed by atoms with E-state index in [1.165, 1.54) is 19.2 Å². The Morgan fingerprint density at radius 1 is 1.08 bits per heavy atom. The fourth-order valence-electron chi connectivity index (χ4n) is 2.34. The second kappa shape index (κ2) is 8.05. The minimum Gasteiger partial charge on any atom is -0.495 e. The lowest BCUT2D eigenvalue weighted by Gasteiger charge is -2.11. The molecule has 3 rings (SSSR count). The lowest BCUT2D eigenvalue weighted by molar-refractivity contribution is 0.403. The number of ether oxygens (including phenoxy) is 1. The zero-order chi connectivity index (χ0) is 19.3. The summed E-state index contributed by atoms with van der Waals surface area (Å²) in [6.07, 6.45) is 0. The first kappa shape index (κ1) is 19.5. The maximum Gasteiger partial charge on any atom is 0.339 e. The fourth-order valence-corrected chi connectivity index (χ4v) is 3.56. The Balaban J connectivity index is 0.00000118. The molecule has 0 amide bonds. The van der Waals surface area contributed by atoms with Crippen molar-refractivity contribution in [2.45, 2.75) is 25.7 Å². The average Bonchev–Trinajstić information content (AvgIpc) is 2.64. The zero-order valence-corrected chi connectivity index (χ0v) is 15.9. The molecule has 140 valence electrons. The third-order valence-corrected chi connectivity index (χ3v) is 4.94. The highest BCUT2D eigenvalue weighted by molar-refractivity contribution is 7.92. The molecule has 0 saturated heterocycles. The molecular weight excluding hydrogens is 354 g/mol. The first-order valence-corrected chi connectivity index (χ1v) is 9.59. The van der Waals surface area contributed by atoms with Crippen LogP contribution < -0.4 is 15.1 Å². The second-order valence-corrected chi connectivity index (χ2v) is 6.88. The van der Waals surface area contributed by atoms with Crippen molar-refractivity contribution >= 4 is 26.7 Å². The van der Waals surface area contributed by atoms with Crippen LogP contribution in [-0.4, -0.2) is 15.5 Å². The van der Waals surface area contributed by atoms with E-state index in [1.54, 1.807) is 43.3 Å². The molecule has 0 aliphatic carbocycles. The summed E-state index contributed by atoms with van der Waals surface area (Å²) in [4.78, 5) is 11.6. The van der Waals surface area contributed by atoms with E-state index in [4.69, 9.17) is 9.15 Å². The van der Waals surface area contributed by atoms with Crippen LogP contribution in [-0.2, 0) is 10.0 Å². The molecule has 0 aliphatic rings. The molecule has 0 atom stereocenters. The van der Waals surface area contributed by atoms with E-state index in [2.05, 4.69) is 4.72 Å². The molecule has 0 aliphatic heterocycles. The van der Waals surface area contributed by atoms with Crippen molar-refractivity contribution in [2.75, 3.05) is 11.8 Å². The first-order chi connectivity index (χ1) is 12.4. The molecule has 26 heavy (non-hydrogen) atoms. The van der Waals surface area contributed by atoms with Crippen LogP contribution in [0.1, 0.15) is 20.8 Å². The summed E-state index contributed by atoms with van der Waals surface area (Å²) in [5, 5.41) is 0.632. The van der Waals surface area contributed by atoms with Gasteiger partial charge in [0.25, 0.3) is 10.0 Å². The van der Waals surface area contributed by atoms with Gasteiger partial charge in [-0.3, -0.25) is 4.72 Å². The first-order valence-electron chi connectivity index (χ1n) is 8.11. The van der Waals surface area contributed by atoms with Gasteiger partial charge in [-0.25, -0.2) is 13.2 Å². The standard InChI is InChI=1S/C17H15NO5S.C2H6.H2/c1-11-9-12-10-13(7-8-14(12)23-17(11)19)18-24(20,21)16-6-4-3-5-15(16)22-2;1-2;/h3-10,18H,1-2H3;1-2H3;1H. The Bertz CT molecular complexity index is 1080. The molecule has 0 radical (unpaired) electrons. The Kier molecular flexibility index (Phi) is 6.05. The maximum atomic E-state index is 12.6. The van der Waals surface area contributed by atoms with Gasteiger partial charge in [-0.05, 0) is 43.3 Å². The van der Waals surface area contributed by atoms with Crippen molar-refractivity contribution in [2.24, 2.45) is 0 Å². The average molecular weight is 377 g/mol. The monoisotopic (exact) mass is 377 g/mol. The van der Waals surface area contributed by atoms with Crippen molar-refractivity contribution in [3.8, 4) is 5.75 Å². The summed E-state index contributed by atoms with van der Waals surface area (Å²) in [7, 11) is -2.40. The van der Waals surface area contributed by atoms with E-state index < -0.39 is 15.6 Å². The molecule has 6 nitrogen and oxygen atoms in total. The van der Waals surface area contributed by atoms with Crippen molar-refractivity contribution in [1.29, 1.82) is 0 Å². The lowest BCUT2D eigenvalue weighted by atomic mass is 10.2. The summed E-state index contributed by atoms with van der Waals surface area (Å²) in [6.45, 7) is 5.64. The number of benzene rings is 2.